The number of rotatable bonds is 4. The summed E-state index contributed by atoms with van der Waals surface area (Å²) in [6.45, 7) is 1.95. The lowest BCUT2D eigenvalue weighted by molar-refractivity contribution is 0.0527. The van der Waals surface area contributed by atoms with Crippen LogP contribution in [0.1, 0.15) is 17.3 Å². The Hall–Kier alpha value is -2.80. The molecule has 0 saturated heterocycles. The third kappa shape index (κ3) is 3.36. The molecule has 6 nitrogen and oxygen atoms in total. The molecule has 0 N–H and O–H groups in total. The van der Waals surface area contributed by atoms with Crippen LogP contribution in [0.25, 0.3) is 22.2 Å². The lowest BCUT2D eigenvalue weighted by atomic mass is 10.0. The molecule has 3 aromatic rings. The Morgan fingerprint density at radius 1 is 1.20 bits per heavy atom. The normalized spacial score (nSPS) is 11.4. The lowest BCUT2D eigenvalue weighted by Gasteiger charge is -2.12. The number of esters is 1. The van der Waals surface area contributed by atoms with Crippen LogP contribution in [0.5, 0.6) is 0 Å². The second-order valence-corrected chi connectivity index (χ2v) is 7.43. The van der Waals surface area contributed by atoms with E-state index in [0.717, 1.165) is 6.26 Å². The number of hydrogen-bond donors (Lipinski definition) is 0. The highest BCUT2D eigenvalue weighted by Gasteiger charge is 2.20. The Bertz CT molecular complexity index is 1050. The lowest BCUT2D eigenvalue weighted by Crippen LogP contribution is -2.09. The van der Waals surface area contributed by atoms with Crippen LogP contribution >= 0.6 is 0 Å². The van der Waals surface area contributed by atoms with Gasteiger partial charge in [0.2, 0.25) is 0 Å². The molecule has 2 heterocycles. The highest BCUT2D eigenvalue weighted by molar-refractivity contribution is 7.91. The summed E-state index contributed by atoms with van der Waals surface area (Å²) >= 11 is 0. The Morgan fingerprint density at radius 2 is 2.00 bits per heavy atom. The number of benzene rings is 1. The van der Waals surface area contributed by atoms with Gasteiger partial charge < -0.3 is 4.74 Å². The quantitative estimate of drug-likeness (QED) is 0.668. The number of fused-ring (bicyclic) bond motifs is 1. The highest BCUT2D eigenvalue weighted by Crippen LogP contribution is 2.29. The van der Waals surface area contributed by atoms with E-state index in [9.17, 15) is 13.2 Å². The van der Waals surface area contributed by atoms with E-state index in [1.54, 1.807) is 49.6 Å². The van der Waals surface area contributed by atoms with Gasteiger partial charge in [-0.2, -0.15) is 0 Å². The topological polar surface area (TPSA) is 86.2 Å². The van der Waals surface area contributed by atoms with Gasteiger partial charge in [0.15, 0.2) is 9.84 Å². The van der Waals surface area contributed by atoms with Gasteiger partial charge in [0.05, 0.1) is 28.3 Å². The van der Waals surface area contributed by atoms with Crippen LogP contribution in [0, 0.1) is 0 Å². The van der Waals surface area contributed by atoms with Crippen LogP contribution in [-0.4, -0.2) is 37.2 Å². The molecule has 0 aliphatic heterocycles. The second kappa shape index (κ2) is 6.60. The predicted octanol–water partition coefficient (Wildman–Crippen LogP) is 2.88. The largest absolute Gasteiger partial charge is 0.462 e. The van der Waals surface area contributed by atoms with Gasteiger partial charge in [-0.05, 0) is 31.2 Å². The Kier molecular flexibility index (Phi) is 4.50. The van der Waals surface area contributed by atoms with Crippen LogP contribution in [0.3, 0.4) is 0 Å². The summed E-state index contributed by atoms with van der Waals surface area (Å²) in [5.74, 6) is -0.513. The first-order chi connectivity index (χ1) is 11.9. The van der Waals surface area contributed by atoms with Gasteiger partial charge in [0, 0.05) is 29.6 Å². The summed E-state index contributed by atoms with van der Waals surface area (Å²) in [5.41, 5.74) is 1.54. The van der Waals surface area contributed by atoms with E-state index in [4.69, 9.17) is 4.74 Å². The molecule has 0 spiro atoms. The number of pyridine rings is 2. The molecule has 0 aliphatic carbocycles. The van der Waals surface area contributed by atoms with Crippen molar-refractivity contribution in [2.45, 2.75) is 11.8 Å². The van der Waals surface area contributed by atoms with Crippen molar-refractivity contribution >= 4 is 26.7 Å². The van der Waals surface area contributed by atoms with Gasteiger partial charge in [-0.3, -0.25) is 4.98 Å². The number of nitrogens with zero attached hydrogens (tertiary/aromatic N) is 2. The van der Waals surface area contributed by atoms with E-state index in [1.807, 2.05) is 0 Å². The number of ether oxygens (including phenoxy) is 1. The number of carbonyl (C=O) groups excluding carboxylic acids is 1. The first-order valence-corrected chi connectivity index (χ1v) is 9.52. The van der Waals surface area contributed by atoms with Crippen LogP contribution in [0.4, 0.5) is 0 Å². The van der Waals surface area contributed by atoms with Gasteiger partial charge in [0.25, 0.3) is 0 Å². The van der Waals surface area contributed by atoms with E-state index < -0.39 is 15.8 Å². The third-order valence-corrected chi connectivity index (χ3v) is 4.77. The molecular formula is C18H16N2O4S. The Morgan fingerprint density at radius 3 is 2.64 bits per heavy atom. The summed E-state index contributed by atoms with van der Waals surface area (Å²) in [7, 11) is -3.47. The Labute approximate surface area is 145 Å². The zero-order valence-corrected chi connectivity index (χ0v) is 14.6. The molecule has 0 amide bonds. The van der Waals surface area contributed by atoms with Crippen LogP contribution in [-0.2, 0) is 14.6 Å². The number of aromatic nitrogens is 2. The SMILES string of the molecule is CCOC(=O)c1cc2cccc(S(C)(=O)=O)c2nc1-c1cccnc1. The summed E-state index contributed by atoms with van der Waals surface area (Å²) in [4.78, 5) is 21.0. The molecule has 0 radical (unpaired) electrons. The molecule has 0 aliphatic rings. The standard InChI is InChI=1S/C18H16N2O4S/c1-3-24-18(21)14-10-12-6-4-8-15(25(2,22)23)17(12)20-16(14)13-7-5-9-19-11-13/h4-11H,3H2,1-2H3. The Balaban J connectivity index is 2.37. The molecule has 0 unspecified atom stereocenters. The summed E-state index contributed by atoms with van der Waals surface area (Å²) < 4.78 is 29.3. The first kappa shape index (κ1) is 17.0. The maximum absolute atomic E-state index is 12.4. The summed E-state index contributed by atoms with van der Waals surface area (Å²) in [5, 5.41) is 0.554. The monoisotopic (exact) mass is 356 g/mol. The maximum atomic E-state index is 12.4. The fourth-order valence-corrected chi connectivity index (χ4v) is 3.40. The minimum absolute atomic E-state index is 0.116. The van der Waals surface area contributed by atoms with E-state index in [-0.39, 0.29) is 17.1 Å². The molecule has 3 rings (SSSR count). The zero-order valence-electron chi connectivity index (χ0n) is 13.8. The van der Waals surface area contributed by atoms with Gasteiger partial charge in [-0.15, -0.1) is 0 Å². The van der Waals surface area contributed by atoms with Crippen molar-refractivity contribution in [3.63, 3.8) is 0 Å². The predicted molar refractivity (Wildman–Crippen MR) is 94.0 cm³/mol. The molecule has 7 heteroatoms. The van der Waals surface area contributed by atoms with Gasteiger partial charge in [-0.1, -0.05) is 12.1 Å². The molecule has 0 fully saturated rings. The fourth-order valence-electron chi connectivity index (χ4n) is 2.56. The highest BCUT2D eigenvalue weighted by atomic mass is 32.2. The van der Waals surface area contributed by atoms with Crippen molar-refractivity contribution in [2.24, 2.45) is 0 Å². The first-order valence-electron chi connectivity index (χ1n) is 7.63. The van der Waals surface area contributed by atoms with Gasteiger partial charge >= 0.3 is 5.97 Å². The molecule has 0 bridgehead atoms. The van der Waals surface area contributed by atoms with E-state index in [0.29, 0.717) is 22.2 Å². The minimum Gasteiger partial charge on any atom is -0.462 e. The number of para-hydroxylation sites is 1. The summed E-state index contributed by atoms with van der Waals surface area (Å²) in [6.07, 6.45) is 4.31. The molecule has 25 heavy (non-hydrogen) atoms. The maximum Gasteiger partial charge on any atom is 0.340 e. The van der Waals surface area contributed by atoms with E-state index >= 15 is 0 Å². The molecule has 0 saturated carbocycles. The van der Waals surface area contributed by atoms with Gasteiger partial charge in [-0.25, -0.2) is 18.2 Å². The molecule has 128 valence electrons. The number of carbonyl (C=O) groups is 1. The van der Waals surface area contributed by atoms with Crippen LogP contribution in [0.2, 0.25) is 0 Å². The minimum atomic E-state index is -3.47. The third-order valence-electron chi connectivity index (χ3n) is 3.64. The van der Waals surface area contributed by atoms with Gasteiger partial charge in [0.1, 0.15) is 0 Å². The number of hydrogen-bond acceptors (Lipinski definition) is 6. The molecular weight excluding hydrogens is 340 g/mol. The zero-order chi connectivity index (χ0) is 18.0. The van der Waals surface area contributed by atoms with Crippen molar-refractivity contribution in [1.82, 2.24) is 9.97 Å². The van der Waals surface area contributed by atoms with Crippen molar-refractivity contribution in [2.75, 3.05) is 12.9 Å². The number of sulfone groups is 1. The second-order valence-electron chi connectivity index (χ2n) is 5.45. The smallest absolute Gasteiger partial charge is 0.340 e. The molecule has 0 atom stereocenters. The van der Waals surface area contributed by atoms with E-state index in [2.05, 4.69) is 9.97 Å². The molecule has 2 aromatic heterocycles. The van der Waals surface area contributed by atoms with Crippen molar-refractivity contribution in [3.05, 3.63) is 54.4 Å². The van der Waals surface area contributed by atoms with E-state index in [1.165, 1.54) is 6.07 Å². The summed E-state index contributed by atoms with van der Waals surface area (Å²) in [6, 6.07) is 9.93. The average molecular weight is 356 g/mol. The van der Waals surface area contributed by atoms with Crippen LogP contribution in [0.15, 0.2) is 53.7 Å². The molecule has 1 aromatic carbocycles. The van der Waals surface area contributed by atoms with Crippen molar-refractivity contribution < 1.29 is 17.9 Å². The van der Waals surface area contributed by atoms with Crippen molar-refractivity contribution in [1.29, 1.82) is 0 Å². The average Bonchev–Trinajstić information content (AvgIpc) is 2.60. The fraction of sp³-hybridized carbons (Fsp3) is 0.167. The van der Waals surface area contributed by atoms with Crippen molar-refractivity contribution in [3.8, 4) is 11.3 Å². The van der Waals surface area contributed by atoms with Crippen LogP contribution < -0.4 is 0 Å².